The van der Waals surface area contributed by atoms with Crippen LogP contribution in [-0.2, 0) is 11.2 Å². The van der Waals surface area contributed by atoms with Gasteiger partial charge in [-0.15, -0.1) is 15.3 Å². The molecule has 0 spiro atoms. The molecule has 1 atom stereocenters. The quantitative estimate of drug-likeness (QED) is 0.459. The van der Waals surface area contributed by atoms with Crippen LogP contribution in [-0.4, -0.2) is 45.9 Å². The van der Waals surface area contributed by atoms with E-state index in [1.54, 1.807) is 11.6 Å². The second-order valence-electron chi connectivity index (χ2n) is 9.63. The van der Waals surface area contributed by atoms with Crippen molar-refractivity contribution in [1.29, 1.82) is 0 Å². The van der Waals surface area contributed by atoms with Gasteiger partial charge in [0.1, 0.15) is 11.6 Å². The maximum atomic E-state index is 13.1. The third kappa shape index (κ3) is 4.27. The Labute approximate surface area is 210 Å². The predicted molar refractivity (Wildman–Crippen MR) is 138 cm³/mol. The minimum absolute atomic E-state index is 0.0313. The van der Waals surface area contributed by atoms with Gasteiger partial charge in [-0.2, -0.15) is 4.52 Å². The largest absolute Gasteiger partial charge is 0.497 e. The number of hydrogen-bond acceptors (Lipinski definition) is 6. The molecule has 184 valence electrons. The van der Waals surface area contributed by atoms with Crippen LogP contribution in [0.25, 0.3) is 17.0 Å². The summed E-state index contributed by atoms with van der Waals surface area (Å²) >= 11 is 0. The molecule has 1 aliphatic heterocycles. The number of fused-ring (bicyclic) bond motifs is 2. The molecule has 6 rings (SSSR count). The number of piperidine rings is 1. The molecule has 1 aliphatic carbocycles. The number of carbonyl (C=O) groups is 1. The average molecular weight is 483 g/mol. The zero-order chi connectivity index (χ0) is 24.5. The molecular weight excluding hydrogens is 452 g/mol. The lowest BCUT2D eigenvalue weighted by Crippen LogP contribution is -2.42. The zero-order valence-corrected chi connectivity index (χ0v) is 20.4. The Bertz CT molecular complexity index is 1370. The summed E-state index contributed by atoms with van der Waals surface area (Å²) in [7, 11) is 1.65. The highest BCUT2D eigenvalue weighted by atomic mass is 16.5. The topological polar surface area (TPSA) is 84.7 Å². The van der Waals surface area contributed by atoms with Gasteiger partial charge in [0.2, 0.25) is 5.91 Å². The minimum Gasteiger partial charge on any atom is -0.497 e. The lowest BCUT2D eigenvalue weighted by atomic mass is 9.87. The van der Waals surface area contributed by atoms with Crippen LogP contribution >= 0.6 is 0 Å². The number of carbonyl (C=O) groups excluding carboxylic acids is 1. The second kappa shape index (κ2) is 9.60. The van der Waals surface area contributed by atoms with Crippen LogP contribution in [0.15, 0.2) is 60.7 Å². The number of anilines is 1. The number of methoxy groups -OCH3 is 1. The number of nitrogens with one attached hydrogen (secondary N) is 1. The maximum Gasteiger partial charge on any atom is 0.223 e. The third-order valence-corrected chi connectivity index (χ3v) is 7.47. The molecule has 2 aromatic heterocycles. The van der Waals surface area contributed by atoms with Crippen molar-refractivity contribution < 1.29 is 9.53 Å². The molecule has 8 heteroatoms. The van der Waals surface area contributed by atoms with Gasteiger partial charge in [0.15, 0.2) is 11.5 Å². The maximum absolute atomic E-state index is 13.1. The number of aromatic nitrogens is 4. The first-order chi connectivity index (χ1) is 17.7. The highest BCUT2D eigenvalue weighted by Gasteiger charge is 2.29. The lowest BCUT2D eigenvalue weighted by molar-refractivity contribution is -0.126. The fourth-order valence-corrected chi connectivity index (χ4v) is 5.43. The van der Waals surface area contributed by atoms with Crippen molar-refractivity contribution in [1.82, 2.24) is 25.1 Å². The van der Waals surface area contributed by atoms with E-state index < -0.39 is 0 Å². The van der Waals surface area contributed by atoms with Crippen molar-refractivity contribution in [3.63, 3.8) is 0 Å². The first-order valence-electron chi connectivity index (χ1n) is 12.7. The van der Waals surface area contributed by atoms with E-state index in [1.807, 2.05) is 36.4 Å². The highest BCUT2D eigenvalue weighted by molar-refractivity contribution is 5.79. The molecular formula is C28H30N6O2. The van der Waals surface area contributed by atoms with Crippen molar-refractivity contribution in [3.05, 3.63) is 71.8 Å². The van der Waals surface area contributed by atoms with E-state index >= 15 is 0 Å². The summed E-state index contributed by atoms with van der Waals surface area (Å²) in [5, 5.41) is 16.8. The number of rotatable bonds is 5. The third-order valence-electron chi connectivity index (χ3n) is 7.47. The van der Waals surface area contributed by atoms with Gasteiger partial charge < -0.3 is 15.0 Å². The van der Waals surface area contributed by atoms with E-state index in [0.717, 1.165) is 62.3 Å². The van der Waals surface area contributed by atoms with Crippen molar-refractivity contribution >= 4 is 17.4 Å². The molecule has 1 fully saturated rings. The molecule has 0 bridgehead atoms. The molecule has 1 saturated heterocycles. The van der Waals surface area contributed by atoms with Crippen molar-refractivity contribution in [2.45, 2.75) is 38.1 Å². The number of ether oxygens (including phenoxy) is 1. The van der Waals surface area contributed by atoms with Gasteiger partial charge in [-0.05, 0) is 79.6 Å². The lowest BCUT2D eigenvalue weighted by Gasteiger charge is -2.33. The van der Waals surface area contributed by atoms with Crippen molar-refractivity contribution in [2.24, 2.45) is 5.92 Å². The number of benzene rings is 2. The number of aryl methyl sites for hydroxylation is 1. The van der Waals surface area contributed by atoms with Crippen LogP contribution in [0, 0.1) is 5.92 Å². The first-order valence-corrected chi connectivity index (χ1v) is 12.7. The molecule has 1 N–H and O–H groups in total. The van der Waals surface area contributed by atoms with Gasteiger partial charge in [-0.3, -0.25) is 4.79 Å². The molecule has 0 saturated carbocycles. The van der Waals surface area contributed by atoms with Crippen LogP contribution in [0.2, 0.25) is 0 Å². The first kappa shape index (κ1) is 22.5. The van der Waals surface area contributed by atoms with E-state index in [9.17, 15) is 4.79 Å². The smallest absolute Gasteiger partial charge is 0.223 e. The van der Waals surface area contributed by atoms with Gasteiger partial charge in [0.25, 0.3) is 0 Å². The molecule has 36 heavy (non-hydrogen) atoms. The van der Waals surface area contributed by atoms with E-state index in [-0.39, 0.29) is 17.9 Å². The van der Waals surface area contributed by atoms with Crippen LogP contribution in [0.4, 0.5) is 5.82 Å². The fourth-order valence-electron chi connectivity index (χ4n) is 5.43. The Morgan fingerprint density at radius 3 is 2.58 bits per heavy atom. The number of nitrogens with zero attached hydrogens (tertiary/aromatic N) is 5. The highest BCUT2D eigenvalue weighted by Crippen LogP contribution is 2.31. The second-order valence-corrected chi connectivity index (χ2v) is 9.63. The molecule has 0 radical (unpaired) electrons. The molecule has 1 amide bonds. The number of hydrogen-bond donors (Lipinski definition) is 1. The summed E-state index contributed by atoms with van der Waals surface area (Å²) in [6.07, 6.45) is 4.86. The fraction of sp³-hybridized carbons (Fsp3) is 0.357. The SMILES string of the molecule is COc1ccc(-c2nnc3ccc(N4CCC(C(=O)N[C@H]5CCCc6ccccc65)CC4)nn23)cc1. The van der Waals surface area contributed by atoms with Crippen LogP contribution in [0.3, 0.4) is 0 Å². The van der Waals surface area contributed by atoms with Crippen LogP contribution in [0.5, 0.6) is 5.75 Å². The molecule has 2 aliphatic rings. The Balaban J connectivity index is 1.13. The van der Waals surface area contributed by atoms with Crippen molar-refractivity contribution in [3.8, 4) is 17.1 Å². The molecule has 3 heterocycles. The summed E-state index contributed by atoms with van der Waals surface area (Å²) in [4.78, 5) is 15.4. The monoisotopic (exact) mass is 482 g/mol. The summed E-state index contributed by atoms with van der Waals surface area (Å²) in [6, 6.07) is 20.3. The van der Waals surface area contributed by atoms with E-state index in [4.69, 9.17) is 9.84 Å². The van der Waals surface area contributed by atoms with Gasteiger partial charge in [0.05, 0.1) is 13.2 Å². The summed E-state index contributed by atoms with van der Waals surface area (Å²) < 4.78 is 7.05. The van der Waals surface area contributed by atoms with E-state index in [2.05, 4.69) is 44.7 Å². The summed E-state index contributed by atoms with van der Waals surface area (Å²) in [6.45, 7) is 1.58. The Morgan fingerprint density at radius 2 is 1.78 bits per heavy atom. The van der Waals surface area contributed by atoms with Crippen LogP contribution < -0.4 is 15.0 Å². The van der Waals surface area contributed by atoms with E-state index in [0.29, 0.717) is 11.5 Å². The molecule has 2 aromatic carbocycles. The summed E-state index contributed by atoms with van der Waals surface area (Å²) in [5.41, 5.74) is 4.28. The standard InChI is InChI=1S/C28H30N6O2/c1-36-22-11-9-20(10-12-22)27-31-30-25-13-14-26(32-34(25)27)33-17-15-21(16-18-33)28(35)29-24-8-4-6-19-5-2-3-7-23(19)24/h2-3,5,7,9-14,21,24H,4,6,8,15-18H2,1H3,(H,29,35)/t24-/m0/s1. The van der Waals surface area contributed by atoms with Gasteiger partial charge in [-0.1, -0.05) is 24.3 Å². The minimum atomic E-state index is 0.0313. The Hall–Kier alpha value is -3.94. The average Bonchev–Trinajstić information content (AvgIpc) is 3.37. The Morgan fingerprint density at radius 1 is 0.972 bits per heavy atom. The van der Waals surface area contributed by atoms with Gasteiger partial charge >= 0.3 is 0 Å². The van der Waals surface area contributed by atoms with Crippen molar-refractivity contribution in [2.75, 3.05) is 25.1 Å². The van der Waals surface area contributed by atoms with Gasteiger partial charge in [0, 0.05) is 24.6 Å². The molecule has 0 unspecified atom stereocenters. The summed E-state index contributed by atoms with van der Waals surface area (Å²) in [5.74, 6) is 2.57. The Kier molecular flexibility index (Phi) is 6.01. The van der Waals surface area contributed by atoms with E-state index in [1.165, 1.54) is 11.1 Å². The molecule has 8 nitrogen and oxygen atoms in total. The number of amides is 1. The van der Waals surface area contributed by atoms with Crippen LogP contribution in [0.1, 0.15) is 42.9 Å². The zero-order valence-electron chi connectivity index (χ0n) is 20.4. The predicted octanol–water partition coefficient (Wildman–Crippen LogP) is 4.21. The molecule has 4 aromatic rings. The normalized spacial score (nSPS) is 18.1. The van der Waals surface area contributed by atoms with Gasteiger partial charge in [-0.25, -0.2) is 0 Å².